The first-order valence-corrected chi connectivity index (χ1v) is 5.41. The maximum absolute atomic E-state index is 11.7. The third kappa shape index (κ3) is 2.23. The fourth-order valence-electron chi connectivity index (χ4n) is 1.58. The predicted octanol–water partition coefficient (Wildman–Crippen LogP) is 0.327. The van der Waals surface area contributed by atoms with Crippen molar-refractivity contribution in [1.29, 1.82) is 0 Å². The Morgan fingerprint density at radius 2 is 2.06 bits per heavy atom. The highest BCUT2D eigenvalue weighted by Gasteiger charge is 2.46. The Balaban J connectivity index is 2.04. The highest BCUT2D eigenvalue weighted by molar-refractivity contribution is 5.89. The number of nitrogens with one attached hydrogen (secondary N) is 1. The monoisotopic (exact) mass is 220 g/mol. The van der Waals surface area contributed by atoms with E-state index in [2.05, 4.69) is 5.32 Å². The Hall–Kier alpha value is -1.39. The SMILES string of the molecule is NC1(C(=O)NC(CO)c2ccccc2)CC1. The number of benzene rings is 1. The van der Waals surface area contributed by atoms with Gasteiger partial charge in [-0.05, 0) is 18.4 Å². The van der Waals surface area contributed by atoms with E-state index >= 15 is 0 Å². The van der Waals surface area contributed by atoms with Gasteiger partial charge in [0, 0.05) is 0 Å². The van der Waals surface area contributed by atoms with Gasteiger partial charge in [0.1, 0.15) is 0 Å². The van der Waals surface area contributed by atoms with Crippen LogP contribution in [0.25, 0.3) is 0 Å². The van der Waals surface area contributed by atoms with Crippen molar-refractivity contribution in [3.63, 3.8) is 0 Å². The molecule has 1 aromatic rings. The lowest BCUT2D eigenvalue weighted by molar-refractivity contribution is -0.124. The number of carbonyl (C=O) groups is 1. The molecular weight excluding hydrogens is 204 g/mol. The molecule has 0 saturated heterocycles. The second-order valence-electron chi connectivity index (χ2n) is 4.28. The van der Waals surface area contributed by atoms with Crippen molar-refractivity contribution >= 4 is 5.91 Å². The zero-order chi connectivity index (χ0) is 11.6. The topological polar surface area (TPSA) is 75.4 Å². The molecule has 1 aromatic carbocycles. The van der Waals surface area contributed by atoms with E-state index in [4.69, 9.17) is 5.73 Å². The van der Waals surface area contributed by atoms with Gasteiger partial charge in [-0.3, -0.25) is 4.79 Å². The molecule has 0 aliphatic heterocycles. The number of nitrogens with two attached hydrogens (primary N) is 1. The minimum Gasteiger partial charge on any atom is -0.394 e. The first-order valence-electron chi connectivity index (χ1n) is 5.41. The van der Waals surface area contributed by atoms with Crippen LogP contribution in [0, 0.1) is 0 Å². The number of amides is 1. The van der Waals surface area contributed by atoms with Crippen LogP contribution in [0.2, 0.25) is 0 Å². The van der Waals surface area contributed by atoms with Crippen molar-refractivity contribution in [3.8, 4) is 0 Å². The van der Waals surface area contributed by atoms with E-state index in [1.165, 1.54) is 0 Å². The normalized spacial score (nSPS) is 18.9. The summed E-state index contributed by atoms with van der Waals surface area (Å²) in [5.74, 6) is -0.171. The molecule has 0 aromatic heterocycles. The lowest BCUT2D eigenvalue weighted by Gasteiger charge is -2.19. The van der Waals surface area contributed by atoms with Crippen LogP contribution < -0.4 is 11.1 Å². The van der Waals surface area contributed by atoms with E-state index in [-0.39, 0.29) is 18.6 Å². The Morgan fingerprint density at radius 1 is 1.44 bits per heavy atom. The molecule has 1 saturated carbocycles. The zero-order valence-corrected chi connectivity index (χ0v) is 9.02. The van der Waals surface area contributed by atoms with Gasteiger partial charge >= 0.3 is 0 Å². The number of rotatable bonds is 4. The average molecular weight is 220 g/mol. The Kier molecular flexibility index (Phi) is 2.94. The molecule has 4 N–H and O–H groups in total. The Labute approximate surface area is 94.5 Å². The van der Waals surface area contributed by atoms with E-state index in [1.54, 1.807) is 0 Å². The molecule has 1 aliphatic carbocycles. The smallest absolute Gasteiger partial charge is 0.240 e. The number of aliphatic hydroxyl groups excluding tert-OH is 1. The molecule has 4 nitrogen and oxygen atoms in total. The summed E-state index contributed by atoms with van der Waals surface area (Å²) in [6, 6.07) is 9.02. The van der Waals surface area contributed by atoms with Crippen LogP contribution in [-0.4, -0.2) is 23.2 Å². The van der Waals surface area contributed by atoms with Crippen molar-refractivity contribution in [2.24, 2.45) is 5.73 Å². The van der Waals surface area contributed by atoms with Crippen molar-refractivity contribution < 1.29 is 9.90 Å². The van der Waals surface area contributed by atoms with Crippen LogP contribution in [0.1, 0.15) is 24.4 Å². The molecule has 0 heterocycles. The maximum Gasteiger partial charge on any atom is 0.240 e. The maximum atomic E-state index is 11.7. The zero-order valence-electron chi connectivity index (χ0n) is 9.02. The van der Waals surface area contributed by atoms with Crippen LogP contribution in [-0.2, 0) is 4.79 Å². The van der Waals surface area contributed by atoms with Crippen molar-refractivity contribution in [2.75, 3.05) is 6.61 Å². The van der Waals surface area contributed by atoms with E-state index in [0.29, 0.717) is 0 Å². The lowest BCUT2D eigenvalue weighted by Crippen LogP contribution is -2.45. The molecule has 4 heteroatoms. The number of hydrogen-bond acceptors (Lipinski definition) is 3. The summed E-state index contributed by atoms with van der Waals surface area (Å²) in [6.45, 7) is -0.119. The molecule has 16 heavy (non-hydrogen) atoms. The largest absolute Gasteiger partial charge is 0.394 e. The average Bonchev–Trinajstić information content (AvgIpc) is 3.06. The van der Waals surface area contributed by atoms with Gasteiger partial charge in [-0.15, -0.1) is 0 Å². The fraction of sp³-hybridized carbons (Fsp3) is 0.417. The van der Waals surface area contributed by atoms with Crippen molar-refractivity contribution in [2.45, 2.75) is 24.4 Å². The van der Waals surface area contributed by atoms with Gasteiger partial charge in [0.05, 0.1) is 18.2 Å². The molecule has 1 atom stereocenters. The minimum absolute atomic E-state index is 0.119. The van der Waals surface area contributed by atoms with Crippen LogP contribution in [0.4, 0.5) is 0 Å². The van der Waals surface area contributed by atoms with E-state index in [9.17, 15) is 9.90 Å². The summed E-state index contributed by atoms with van der Waals surface area (Å²) in [4.78, 5) is 11.7. The summed E-state index contributed by atoms with van der Waals surface area (Å²) in [5.41, 5.74) is 5.98. The molecule has 1 unspecified atom stereocenters. The van der Waals surface area contributed by atoms with E-state index in [1.807, 2.05) is 30.3 Å². The molecule has 1 fully saturated rings. The lowest BCUT2D eigenvalue weighted by atomic mass is 10.1. The van der Waals surface area contributed by atoms with Gasteiger partial charge < -0.3 is 16.2 Å². The van der Waals surface area contributed by atoms with E-state index in [0.717, 1.165) is 18.4 Å². The highest BCUT2D eigenvalue weighted by Crippen LogP contribution is 2.32. The highest BCUT2D eigenvalue weighted by atomic mass is 16.3. The fourth-order valence-corrected chi connectivity index (χ4v) is 1.58. The minimum atomic E-state index is -0.692. The standard InChI is InChI=1S/C12H16N2O2/c13-12(6-7-12)11(16)14-10(8-15)9-4-2-1-3-5-9/h1-5,10,15H,6-8,13H2,(H,14,16). The quantitative estimate of drug-likeness (QED) is 0.684. The summed E-state index contributed by atoms with van der Waals surface area (Å²) in [5, 5.41) is 12.0. The second-order valence-corrected chi connectivity index (χ2v) is 4.28. The van der Waals surface area contributed by atoms with Gasteiger partial charge in [-0.25, -0.2) is 0 Å². The first-order chi connectivity index (χ1) is 7.65. The van der Waals surface area contributed by atoms with Crippen LogP contribution in [0.15, 0.2) is 30.3 Å². The van der Waals surface area contributed by atoms with Gasteiger partial charge in [0.2, 0.25) is 5.91 Å². The molecule has 2 rings (SSSR count). The van der Waals surface area contributed by atoms with Crippen LogP contribution in [0.5, 0.6) is 0 Å². The predicted molar refractivity (Wildman–Crippen MR) is 60.6 cm³/mol. The van der Waals surface area contributed by atoms with Gasteiger partial charge in [0.25, 0.3) is 0 Å². The number of aliphatic hydroxyl groups is 1. The van der Waals surface area contributed by atoms with Crippen LogP contribution in [0.3, 0.4) is 0 Å². The molecule has 0 radical (unpaired) electrons. The third-order valence-electron chi connectivity index (χ3n) is 2.93. The van der Waals surface area contributed by atoms with Crippen molar-refractivity contribution in [1.82, 2.24) is 5.32 Å². The molecular formula is C12H16N2O2. The molecule has 0 bridgehead atoms. The first kappa shape index (κ1) is 11.1. The van der Waals surface area contributed by atoms with Gasteiger partial charge in [-0.1, -0.05) is 30.3 Å². The Morgan fingerprint density at radius 3 is 2.56 bits per heavy atom. The summed E-state index contributed by atoms with van der Waals surface area (Å²) in [6.07, 6.45) is 1.46. The summed E-state index contributed by atoms with van der Waals surface area (Å²) >= 11 is 0. The number of hydrogen-bond donors (Lipinski definition) is 3. The molecule has 0 spiro atoms. The van der Waals surface area contributed by atoms with Crippen molar-refractivity contribution in [3.05, 3.63) is 35.9 Å². The van der Waals surface area contributed by atoms with E-state index < -0.39 is 5.54 Å². The van der Waals surface area contributed by atoms with Crippen LogP contribution >= 0.6 is 0 Å². The molecule has 1 aliphatic rings. The molecule has 1 amide bonds. The third-order valence-corrected chi connectivity index (χ3v) is 2.93. The second kappa shape index (κ2) is 4.23. The van der Waals surface area contributed by atoms with Gasteiger partial charge in [-0.2, -0.15) is 0 Å². The van der Waals surface area contributed by atoms with Gasteiger partial charge in [0.15, 0.2) is 0 Å². The number of carbonyl (C=O) groups excluding carboxylic acids is 1. The Bertz CT molecular complexity index is 374. The summed E-state index contributed by atoms with van der Waals surface area (Å²) in [7, 11) is 0. The molecule has 86 valence electrons. The summed E-state index contributed by atoms with van der Waals surface area (Å²) < 4.78 is 0.